The molecule has 0 amide bonds. The predicted octanol–water partition coefficient (Wildman–Crippen LogP) is 4.64. The molecule has 3 heterocycles. The molecule has 1 aliphatic heterocycles. The molecule has 1 aliphatic rings. The van der Waals surface area contributed by atoms with Gasteiger partial charge in [0.25, 0.3) is 0 Å². The molecule has 0 bridgehead atoms. The van der Waals surface area contributed by atoms with Crippen molar-refractivity contribution >= 4 is 10.9 Å². The molecule has 2 aromatic heterocycles. The average molecular weight is 470 g/mol. The second kappa shape index (κ2) is 11.4. The molecule has 6 nitrogen and oxygen atoms in total. The smallest absolute Gasteiger partial charge is 0.128 e. The number of hydrogen-bond acceptors (Lipinski definition) is 6. The first-order valence-corrected chi connectivity index (χ1v) is 12.2. The van der Waals surface area contributed by atoms with Gasteiger partial charge in [-0.3, -0.25) is 9.97 Å². The van der Waals surface area contributed by atoms with Gasteiger partial charge in [-0.25, -0.2) is 0 Å². The van der Waals surface area contributed by atoms with Crippen molar-refractivity contribution in [2.75, 3.05) is 26.2 Å². The van der Waals surface area contributed by atoms with Gasteiger partial charge in [0.15, 0.2) is 0 Å². The Bertz CT molecular complexity index is 1150. The zero-order chi connectivity index (χ0) is 23.9. The Morgan fingerprint density at radius 2 is 1.69 bits per heavy atom. The third-order valence-electron chi connectivity index (χ3n) is 6.46. The Hall–Kier alpha value is -3.32. The molecule has 6 heteroatoms. The lowest BCUT2D eigenvalue weighted by Gasteiger charge is -2.35. The highest BCUT2D eigenvalue weighted by molar-refractivity contribution is 5.84. The Balaban J connectivity index is 1.13. The Labute approximate surface area is 206 Å². The number of pyridine rings is 2. The maximum atomic E-state index is 10.6. The molecule has 5 rings (SSSR count). The molecule has 2 unspecified atom stereocenters. The fraction of sp³-hybridized carbons (Fsp3) is 0.310. The largest absolute Gasteiger partial charge is 0.490 e. The summed E-state index contributed by atoms with van der Waals surface area (Å²) >= 11 is 0. The van der Waals surface area contributed by atoms with Gasteiger partial charge in [-0.15, -0.1) is 0 Å². The van der Waals surface area contributed by atoms with Gasteiger partial charge >= 0.3 is 0 Å². The number of hydrogen-bond donors (Lipinski definition) is 1. The van der Waals surface area contributed by atoms with Crippen molar-refractivity contribution in [1.82, 2.24) is 14.9 Å². The zero-order valence-corrected chi connectivity index (χ0v) is 19.7. The quantitative estimate of drug-likeness (QED) is 0.385. The third kappa shape index (κ3) is 6.03. The monoisotopic (exact) mass is 469 g/mol. The third-order valence-corrected chi connectivity index (χ3v) is 6.46. The Kier molecular flexibility index (Phi) is 7.63. The van der Waals surface area contributed by atoms with Gasteiger partial charge in [-0.1, -0.05) is 42.5 Å². The van der Waals surface area contributed by atoms with E-state index in [0.717, 1.165) is 53.7 Å². The van der Waals surface area contributed by atoms with Gasteiger partial charge in [0.1, 0.15) is 24.6 Å². The number of aliphatic hydroxyl groups is 1. The molecule has 1 fully saturated rings. The average Bonchev–Trinajstić information content (AvgIpc) is 2.92. The Morgan fingerprint density at radius 3 is 2.49 bits per heavy atom. The van der Waals surface area contributed by atoms with Crippen LogP contribution in [0.2, 0.25) is 0 Å². The topological polar surface area (TPSA) is 67.7 Å². The minimum atomic E-state index is -0.563. The first-order valence-electron chi connectivity index (χ1n) is 12.2. The van der Waals surface area contributed by atoms with E-state index < -0.39 is 6.10 Å². The molecule has 4 aromatic rings. The van der Waals surface area contributed by atoms with Crippen LogP contribution >= 0.6 is 0 Å². The molecule has 35 heavy (non-hydrogen) atoms. The molecule has 0 saturated carbocycles. The number of β-amino-alcohol motifs (C(OH)–C–C–N with tert-alkyl or cyclic N) is 1. The van der Waals surface area contributed by atoms with Crippen LogP contribution in [0, 0.1) is 0 Å². The standard InChI is InChI=1S/C29H31N3O3/c33-24(21-34-28-12-4-11-27-26(28)10-6-16-31-27)20-32-17-13-25(14-18-32)35-29(22-7-2-1-3-8-22)23-9-5-15-30-19-23/h1-12,15-16,19,24-25,29,33H,13-14,17-18,20-21H2. The molecule has 2 aromatic carbocycles. The molecule has 180 valence electrons. The van der Waals surface area contributed by atoms with Crippen LogP contribution in [0.15, 0.2) is 91.4 Å². The summed E-state index contributed by atoms with van der Waals surface area (Å²) in [6.07, 6.45) is 6.76. The van der Waals surface area contributed by atoms with Crippen molar-refractivity contribution < 1.29 is 14.6 Å². The summed E-state index contributed by atoms with van der Waals surface area (Å²) < 4.78 is 12.6. The summed E-state index contributed by atoms with van der Waals surface area (Å²) in [4.78, 5) is 10.9. The second-order valence-electron chi connectivity index (χ2n) is 9.00. The van der Waals surface area contributed by atoms with E-state index in [1.54, 1.807) is 12.4 Å². The SMILES string of the molecule is OC(COc1cccc2ncccc12)CN1CCC(OC(c2ccccc2)c2cccnc2)CC1. The lowest BCUT2D eigenvalue weighted by molar-refractivity contribution is -0.0347. The van der Waals surface area contributed by atoms with Gasteiger partial charge in [0.2, 0.25) is 0 Å². The summed E-state index contributed by atoms with van der Waals surface area (Å²) in [6, 6.07) is 24.0. The van der Waals surface area contributed by atoms with Gasteiger partial charge in [-0.2, -0.15) is 0 Å². The van der Waals surface area contributed by atoms with Crippen molar-refractivity contribution in [1.29, 1.82) is 0 Å². The van der Waals surface area contributed by atoms with E-state index >= 15 is 0 Å². The second-order valence-corrected chi connectivity index (χ2v) is 9.00. The normalized spacial score (nSPS) is 16.7. The molecule has 0 aliphatic carbocycles. The van der Waals surface area contributed by atoms with Crippen LogP contribution in [-0.4, -0.2) is 58.4 Å². The molecular formula is C29H31N3O3. The number of aliphatic hydroxyl groups excluding tert-OH is 1. The van der Waals surface area contributed by atoms with Crippen LogP contribution in [-0.2, 0) is 4.74 Å². The van der Waals surface area contributed by atoms with Crippen LogP contribution in [0.4, 0.5) is 0 Å². The van der Waals surface area contributed by atoms with E-state index in [2.05, 4.69) is 33.1 Å². The fourth-order valence-electron chi connectivity index (χ4n) is 4.67. The van der Waals surface area contributed by atoms with Gasteiger partial charge in [-0.05, 0) is 48.7 Å². The predicted molar refractivity (Wildman–Crippen MR) is 136 cm³/mol. The summed E-state index contributed by atoms with van der Waals surface area (Å²) in [6.45, 7) is 2.60. The van der Waals surface area contributed by atoms with Crippen LogP contribution in [0.25, 0.3) is 10.9 Å². The van der Waals surface area contributed by atoms with Crippen LogP contribution in [0.1, 0.15) is 30.1 Å². The minimum absolute atomic E-state index is 0.129. The van der Waals surface area contributed by atoms with Gasteiger partial charge < -0.3 is 19.5 Å². The summed E-state index contributed by atoms with van der Waals surface area (Å²) in [5.41, 5.74) is 3.10. The number of nitrogens with zero attached hydrogens (tertiary/aromatic N) is 3. The van der Waals surface area contributed by atoms with E-state index in [-0.39, 0.29) is 18.8 Å². The van der Waals surface area contributed by atoms with E-state index in [0.29, 0.717) is 6.54 Å². The Morgan fingerprint density at radius 1 is 0.886 bits per heavy atom. The number of ether oxygens (including phenoxy) is 2. The number of piperidine rings is 1. The summed E-state index contributed by atoms with van der Waals surface area (Å²) in [5, 5.41) is 11.6. The first-order chi connectivity index (χ1) is 17.3. The number of aromatic nitrogens is 2. The molecule has 0 spiro atoms. The van der Waals surface area contributed by atoms with Gasteiger partial charge in [0, 0.05) is 49.2 Å². The van der Waals surface area contributed by atoms with Crippen LogP contribution < -0.4 is 4.74 Å². The summed E-state index contributed by atoms with van der Waals surface area (Å²) in [5.74, 6) is 0.754. The number of likely N-dealkylation sites (tertiary alicyclic amines) is 1. The van der Waals surface area contributed by atoms with E-state index in [1.165, 1.54) is 0 Å². The van der Waals surface area contributed by atoms with Crippen molar-refractivity contribution in [3.8, 4) is 5.75 Å². The first kappa shape index (κ1) is 23.4. The molecule has 0 radical (unpaired) electrons. The summed E-state index contributed by atoms with van der Waals surface area (Å²) in [7, 11) is 0. The van der Waals surface area contributed by atoms with Crippen LogP contribution in [0.5, 0.6) is 5.75 Å². The number of fused-ring (bicyclic) bond motifs is 1. The van der Waals surface area contributed by atoms with E-state index in [1.807, 2.05) is 60.8 Å². The highest BCUT2D eigenvalue weighted by Crippen LogP contribution is 2.30. The molecule has 2 atom stereocenters. The van der Waals surface area contributed by atoms with Crippen molar-refractivity contribution in [2.24, 2.45) is 0 Å². The van der Waals surface area contributed by atoms with Crippen LogP contribution in [0.3, 0.4) is 0 Å². The van der Waals surface area contributed by atoms with E-state index in [9.17, 15) is 5.11 Å². The maximum Gasteiger partial charge on any atom is 0.128 e. The number of rotatable bonds is 9. The molecule has 1 saturated heterocycles. The highest BCUT2D eigenvalue weighted by Gasteiger charge is 2.26. The van der Waals surface area contributed by atoms with E-state index in [4.69, 9.17) is 9.47 Å². The van der Waals surface area contributed by atoms with Crippen molar-refractivity contribution in [2.45, 2.75) is 31.2 Å². The van der Waals surface area contributed by atoms with Gasteiger partial charge in [0.05, 0.1) is 11.6 Å². The fourth-order valence-corrected chi connectivity index (χ4v) is 4.67. The molecule has 1 N–H and O–H groups in total. The van der Waals surface area contributed by atoms with Crippen molar-refractivity contribution in [3.63, 3.8) is 0 Å². The number of benzene rings is 2. The lowest BCUT2D eigenvalue weighted by Crippen LogP contribution is -2.42. The highest BCUT2D eigenvalue weighted by atomic mass is 16.5. The van der Waals surface area contributed by atoms with Crippen molar-refractivity contribution in [3.05, 3.63) is 103 Å². The molecular weight excluding hydrogens is 438 g/mol. The lowest BCUT2D eigenvalue weighted by atomic mass is 10.0. The minimum Gasteiger partial charge on any atom is -0.490 e. The zero-order valence-electron chi connectivity index (χ0n) is 19.7. The maximum absolute atomic E-state index is 10.6.